The van der Waals surface area contributed by atoms with Gasteiger partial charge in [0.25, 0.3) is 5.91 Å². The van der Waals surface area contributed by atoms with Crippen LogP contribution in [-0.4, -0.2) is 30.5 Å². The number of halogens is 2. The Morgan fingerprint density at radius 3 is 2.81 bits per heavy atom. The molecule has 1 amide bonds. The van der Waals surface area contributed by atoms with E-state index in [0.29, 0.717) is 19.0 Å². The van der Waals surface area contributed by atoms with E-state index in [-0.39, 0.29) is 21.9 Å². The molecule has 0 spiro atoms. The zero-order valence-electron chi connectivity index (χ0n) is 12.6. The molecule has 0 aliphatic carbocycles. The van der Waals surface area contributed by atoms with Crippen molar-refractivity contribution >= 4 is 17.2 Å². The number of carbonyl (C=O) groups excluding carboxylic acids is 1. The molecule has 1 aromatic heterocycles. The van der Waals surface area contributed by atoms with Crippen molar-refractivity contribution in [2.24, 2.45) is 11.3 Å². The Morgan fingerprint density at radius 1 is 1.48 bits per heavy atom. The number of carbonyl (C=O) groups is 1. The minimum atomic E-state index is -2.91. The SMILES string of the molecule is CC(C)(C)[C@H]1CCCN(C(=O)c2sccc2OC(F)F)C1. The van der Waals surface area contributed by atoms with E-state index in [1.165, 1.54) is 6.07 Å². The average molecular weight is 317 g/mol. The van der Waals surface area contributed by atoms with Crippen LogP contribution in [0.3, 0.4) is 0 Å². The summed E-state index contributed by atoms with van der Waals surface area (Å²) < 4.78 is 29.1. The molecule has 2 rings (SSSR count). The van der Waals surface area contributed by atoms with E-state index in [1.54, 1.807) is 10.3 Å². The molecule has 1 saturated heterocycles. The fourth-order valence-electron chi connectivity index (χ4n) is 2.65. The van der Waals surface area contributed by atoms with Crippen molar-refractivity contribution < 1.29 is 18.3 Å². The summed E-state index contributed by atoms with van der Waals surface area (Å²) in [6.45, 7) is 4.95. The van der Waals surface area contributed by atoms with Crippen LogP contribution in [-0.2, 0) is 0 Å². The van der Waals surface area contributed by atoms with E-state index in [2.05, 4.69) is 25.5 Å². The second kappa shape index (κ2) is 6.30. The maximum absolute atomic E-state index is 12.5. The van der Waals surface area contributed by atoms with E-state index in [0.717, 1.165) is 24.2 Å². The van der Waals surface area contributed by atoms with Crippen LogP contribution >= 0.6 is 11.3 Å². The lowest BCUT2D eigenvalue weighted by Gasteiger charge is -2.39. The van der Waals surface area contributed by atoms with Crippen LogP contribution in [0.2, 0.25) is 0 Å². The molecule has 1 fully saturated rings. The van der Waals surface area contributed by atoms with Crippen molar-refractivity contribution in [1.29, 1.82) is 0 Å². The van der Waals surface area contributed by atoms with E-state index in [9.17, 15) is 13.6 Å². The molecule has 6 heteroatoms. The van der Waals surface area contributed by atoms with E-state index in [4.69, 9.17) is 0 Å². The lowest BCUT2D eigenvalue weighted by molar-refractivity contribution is -0.0499. The Bertz CT molecular complexity index is 496. The second-order valence-corrected chi connectivity index (χ2v) is 7.36. The molecule has 21 heavy (non-hydrogen) atoms. The highest BCUT2D eigenvalue weighted by Crippen LogP contribution is 2.35. The van der Waals surface area contributed by atoms with Gasteiger partial charge in [0.05, 0.1) is 0 Å². The summed E-state index contributed by atoms with van der Waals surface area (Å²) in [4.78, 5) is 14.6. The molecule has 1 aliphatic heterocycles. The minimum absolute atomic E-state index is 0.0158. The van der Waals surface area contributed by atoms with Crippen LogP contribution in [0.5, 0.6) is 5.75 Å². The smallest absolute Gasteiger partial charge is 0.387 e. The van der Waals surface area contributed by atoms with Gasteiger partial charge in [0.15, 0.2) is 0 Å². The molecule has 0 bridgehead atoms. The molecule has 0 aromatic carbocycles. The van der Waals surface area contributed by atoms with Gasteiger partial charge in [0.1, 0.15) is 10.6 Å². The standard InChI is InChI=1S/C15H21F2NO2S/c1-15(2,3)10-5-4-7-18(9-10)13(19)12-11(6-8-21-12)20-14(16)17/h6,8,10,14H,4-5,7,9H2,1-3H3/t10-/m0/s1. The zero-order valence-corrected chi connectivity index (χ0v) is 13.4. The van der Waals surface area contributed by atoms with Crippen LogP contribution in [0.4, 0.5) is 8.78 Å². The Kier molecular flexibility index (Phi) is 4.86. The van der Waals surface area contributed by atoms with Gasteiger partial charge in [-0.25, -0.2) is 0 Å². The number of rotatable bonds is 3. The number of thiophene rings is 1. The lowest BCUT2D eigenvalue weighted by Crippen LogP contribution is -2.43. The molecule has 1 aliphatic rings. The van der Waals surface area contributed by atoms with E-state index < -0.39 is 6.61 Å². The molecular weight excluding hydrogens is 296 g/mol. The maximum Gasteiger partial charge on any atom is 0.387 e. The Morgan fingerprint density at radius 2 is 2.19 bits per heavy atom. The number of hydrogen-bond acceptors (Lipinski definition) is 3. The third-order valence-corrected chi connectivity index (χ3v) is 4.86. The number of alkyl halides is 2. The third kappa shape index (κ3) is 3.93. The van der Waals surface area contributed by atoms with Crippen LogP contribution in [0, 0.1) is 11.3 Å². The van der Waals surface area contributed by atoms with Crippen molar-refractivity contribution in [3.8, 4) is 5.75 Å². The molecule has 3 nitrogen and oxygen atoms in total. The number of ether oxygens (including phenoxy) is 1. The van der Waals surface area contributed by atoms with Gasteiger partial charge in [-0.1, -0.05) is 20.8 Å². The van der Waals surface area contributed by atoms with Gasteiger partial charge >= 0.3 is 6.61 Å². The number of nitrogens with zero attached hydrogens (tertiary/aromatic N) is 1. The van der Waals surface area contributed by atoms with Crippen LogP contribution in [0.15, 0.2) is 11.4 Å². The fraction of sp³-hybridized carbons (Fsp3) is 0.667. The number of hydrogen-bond donors (Lipinski definition) is 0. The normalized spacial score (nSPS) is 19.9. The molecule has 1 atom stereocenters. The zero-order chi connectivity index (χ0) is 15.6. The molecule has 0 unspecified atom stereocenters. The number of piperidine rings is 1. The van der Waals surface area contributed by atoms with Crippen molar-refractivity contribution in [3.63, 3.8) is 0 Å². The summed E-state index contributed by atoms with van der Waals surface area (Å²) in [6.07, 6.45) is 2.04. The first-order valence-electron chi connectivity index (χ1n) is 7.10. The highest BCUT2D eigenvalue weighted by molar-refractivity contribution is 7.12. The first-order chi connectivity index (χ1) is 9.79. The lowest BCUT2D eigenvalue weighted by atomic mass is 9.76. The second-order valence-electron chi connectivity index (χ2n) is 6.45. The summed E-state index contributed by atoms with van der Waals surface area (Å²) in [5, 5.41) is 1.61. The largest absolute Gasteiger partial charge is 0.433 e. The van der Waals surface area contributed by atoms with Gasteiger partial charge in [-0.3, -0.25) is 4.79 Å². The summed E-state index contributed by atoms with van der Waals surface area (Å²) in [5.74, 6) is 0.210. The van der Waals surface area contributed by atoms with Gasteiger partial charge in [0.2, 0.25) is 0 Å². The topological polar surface area (TPSA) is 29.5 Å². The molecule has 0 radical (unpaired) electrons. The predicted octanol–water partition coefficient (Wildman–Crippen LogP) is 4.25. The minimum Gasteiger partial charge on any atom is -0.433 e. The number of amides is 1. The van der Waals surface area contributed by atoms with Crippen LogP contribution in [0.1, 0.15) is 43.3 Å². The molecule has 0 saturated carbocycles. The van der Waals surface area contributed by atoms with Gasteiger partial charge in [-0.2, -0.15) is 8.78 Å². The van der Waals surface area contributed by atoms with Gasteiger partial charge in [-0.05, 0) is 35.6 Å². The maximum atomic E-state index is 12.5. The van der Waals surface area contributed by atoms with E-state index in [1.807, 2.05) is 0 Å². The molecular formula is C15H21F2NO2S. The Hall–Kier alpha value is -1.17. The van der Waals surface area contributed by atoms with Crippen LogP contribution < -0.4 is 4.74 Å². The first kappa shape index (κ1) is 16.2. The monoisotopic (exact) mass is 317 g/mol. The van der Waals surface area contributed by atoms with Crippen LogP contribution in [0.25, 0.3) is 0 Å². The highest BCUT2D eigenvalue weighted by atomic mass is 32.1. The van der Waals surface area contributed by atoms with E-state index >= 15 is 0 Å². The predicted molar refractivity (Wildman–Crippen MR) is 79.0 cm³/mol. The fourth-order valence-corrected chi connectivity index (χ4v) is 3.44. The molecule has 1 aromatic rings. The summed E-state index contributed by atoms with van der Waals surface area (Å²) in [6, 6.07) is 1.43. The molecule has 118 valence electrons. The third-order valence-electron chi connectivity index (χ3n) is 3.97. The summed E-state index contributed by atoms with van der Waals surface area (Å²) >= 11 is 1.15. The first-order valence-corrected chi connectivity index (χ1v) is 7.98. The van der Waals surface area contributed by atoms with Crippen molar-refractivity contribution in [3.05, 3.63) is 16.3 Å². The Balaban J connectivity index is 2.11. The summed E-state index contributed by atoms with van der Waals surface area (Å²) in [5.41, 5.74) is 0.136. The molecule has 2 heterocycles. The number of likely N-dealkylation sites (tertiary alicyclic amines) is 1. The average Bonchev–Trinajstić information content (AvgIpc) is 2.84. The van der Waals surface area contributed by atoms with Gasteiger partial charge in [-0.15, -0.1) is 11.3 Å². The van der Waals surface area contributed by atoms with Gasteiger partial charge in [0, 0.05) is 13.1 Å². The molecule has 0 N–H and O–H groups in total. The van der Waals surface area contributed by atoms with Gasteiger partial charge < -0.3 is 9.64 Å². The highest BCUT2D eigenvalue weighted by Gasteiger charge is 2.33. The van der Waals surface area contributed by atoms with Crippen molar-refractivity contribution in [2.75, 3.05) is 13.1 Å². The Labute approximate surface area is 127 Å². The van der Waals surface area contributed by atoms with Crippen molar-refractivity contribution in [2.45, 2.75) is 40.2 Å². The van der Waals surface area contributed by atoms with Crippen molar-refractivity contribution in [1.82, 2.24) is 4.90 Å². The quantitative estimate of drug-likeness (QED) is 0.834. The summed E-state index contributed by atoms with van der Waals surface area (Å²) in [7, 11) is 0.